The molecule has 9 heteroatoms. The van der Waals surface area contributed by atoms with Crippen LogP contribution in [0.2, 0.25) is 0 Å². The highest BCUT2D eigenvalue weighted by molar-refractivity contribution is 6.05. The van der Waals surface area contributed by atoms with Crippen LogP contribution in [0.15, 0.2) is 36.5 Å². The van der Waals surface area contributed by atoms with E-state index in [-0.39, 0.29) is 23.9 Å². The summed E-state index contributed by atoms with van der Waals surface area (Å²) >= 11 is 0. The number of halogens is 3. The predicted octanol–water partition coefficient (Wildman–Crippen LogP) is 4.30. The third-order valence-corrected chi connectivity index (χ3v) is 6.01. The molecule has 2 N–H and O–H groups in total. The summed E-state index contributed by atoms with van der Waals surface area (Å²) in [6.07, 6.45) is 0.276. The van der Waals surface area contributed by atoms with E-state index >= 15 is 0 Å². The Morgan fingerprint density at radius 2 is 2.00 bits per heavy atom. The Bertz CT molecular complexity index is 1150. The second-order valence-corrected chi connectivity index (χ2v) is 7.99. The zero-order valence-electron chi connectivity index (χ0n) is 17.5. The Kier molecular flexibility index (Phi) is 6.16. The monoisotopic (exact) mass is 444 g/mol. The van der Waals surface area contributed by atoms with E-state index in [4.69, 9.17) is 0 Å². The Labute approximate surface area is 182 Å². The van der Waals surface area contributed by atoms with Crippen molar-refractivity contribution in [2.45, 2.75) is 38.7 Å². The van der Waals surface area contributed by atoms with Crippen molar-refractivity contribution in [3.05, 3.63) is 64.6 Å². The smallest absolute Gasteiger partial charge is 0.266 e. The first-order valence-corrected chi connectivity index (χ1v) is 10.4. The fourth-order valence-corrected chi connectivity index (χ4v) is 4.20. The number of rotatable bonds is 5. The molecule has 1 fully saturated rings. The summed E-state index contributed by atoms with van der Waals surface area (Å²) in [6, 6.07) is 7.51. The van der Waals surface area contributed by atoms with Crippen LogP contribution in [-0.2, 0) is 11.3 Å². The Hall–Kier alpha value is -3.36. The van der Waals surface area contributed by atoms with Gasteiger partial charge in [0.05, 0.1) is 22.8 Å². The summed E-state index contributed by atoms with van der Waals surface area (Å²) < 4.78 is 40.2. The number of fused-ring (bicyclic) bond motifs is 1. The summed E-state index contributed by atoms with van der Waals surface area (Å²) in [4.78, 5) is 26.4. The van der Waals surface area contributed by atoms with Gasteiger partial charge in [-0.1, -0.05) is 18.2 Å². The highest BCUT2D eigenvalue weighted by atomic mass is 19.3. The first-order valence-electron chi connectivity index (χ1n) is 10.4. The number of benzene rings is 2. The van der Waals surface area contributed by atoms with Gasteiger partial charge in [-0.15, -0.1) is 0 Å². The summed E-state index contributed by atoms with van der Waals surface area (Å²) in [6.45, 7) is 2.65. The second-order valence-electron chi connectivity index (χ2n) is 7.99. The van der Waals surface area contributed by atoms with Crippen molar-refractivity contribution in [3.63, 3.8) is 0 Å². The minimum atomic E-state index is -2.93. The van der Waals surface area contributed by atoms with Crippen LogP contribution < -0.4 is 5.32 Å². The number of hydrogen-bond acceptors (Lipinski definition) is 3. The van der Waals surface area contributed by atoms with E-state index in [1.165, 1.54) is 12.1 Å². The van der Waals surface area contributed by atoms with Gasteiger partial charge in [0.1, 0.15) is 5.82 Å². The zero-order chi connectivity index (χ0) is 22.8. The van der Waals surface area contributed by atoms with Crippen LogP contribution >= 0.6 is 0 Å². The molecular formula is C23H23F3N4O2. The number of aromatic amines is 1. The lowest BCUT2D eigenvalue weighted by Crippen LogP contribution is -2.36. The number of nitrogens with one attached hydrogen (secondary N) is 2. The molecule has 2 aromatic carbocycles. The first-order chi connectivity index (χ1) is 15.3. The molecule has 0 aliphatic carbocycles. The van der Waals surface area contributed by atoms with Crippen molar-refractivity contribution < 1.29 is 22.8 Å². The van der Waals surface area contributed by atoms with E-state index in [9.17, 15) is 22.8 Å². The van der Waals surface area contributed by atoms with E-state index in [1.807, 2.05) is 11.0 Å². The largest absolute Gasteiger partial charge is 0.348 e. The quantitative estimate of drug-likeness (QED) is 0.616. The maximum Gasteiger partial charge on any atom is 0.266 e. The number of piperidine rings is 1. The van der Waals surface area contributed by atoms with Crippen molar-refractivity contribution in [1.82, 2.24) is 20.4 Å². The van der Waals surface area contributed by atoms with Gasteiger partial charge in [0.15, 0.2) is 0 Å². The average Bonchev–Trinajstić information content (AvgIpc) is 3.26. The minimum absolute atomic E-state index is 0.00948. The fraction of sp³-hybridized carbons (Fsp3) is 0.348. The van der Waals surface area contributed by atoms with Gasteiger partial charge in [-0.25, -0.2) is 13.2 Å². The summed E-state index contributed by atoms with van der Waals surface area (Å²) in [5.41, 5.74) is 1.18. The molecule has 0 saturated carbocycles. The molecule has 3 aromatic rings. The Morgan fingerprint density at radius 3 is 2.69 bits per heavy atom. The normalized spacial score (nSPS) is 14.8. The van der Waals surface area contributed by atoms with Gasteiger partial charge in [0, 0.05) is 37.5 Å². The molecule has 4 rings (SSSR count). The van der Waals surface area contributed by atoms with Gasteiger partial charge < -0.3 is 10.2 Å². The maximum atomic E-state index is 14.3. The van der Waals surface area contributed by atoms with Gasteiger partial charge in [0.25, 0.3) is 12.3 Å². The number of likely N-dealkylation sites (tertiary alicyclic amines) is 1. The summed E-state index contributed by atoms with van der Waals surface area (Å²) in [5.74, 6) is -1.22. The molecule has 2 heterocycles. The molecule has 0 bridgehead atoms. The van der Waals surface area contributed by atoms with Crippen molar-refractivity contribution in [3.8, 4) is 0 Å². The number of amides is 2. The van der Waals surface area contributed by atoms with Crippen molar-refractivity contribution >= 4 is 22.7 Å². The van der Waals surface area contributed by atoms with Crippen LogP contribution in [0.5, 0.6) is 0 Å². The number of aromatic nitrogens is 2. The van der Waals surface area contributed by atoms with Gasteiger partial charge in [-0.2, -0.15) is 5.10 Å². The molecule has 32 heavy (non-hydrogen) atoms. The van der Waals surface area contributed by atoms with Crippen LogP contribution in [0.25, 0.3) is 10.9 Å². The molecular weight excluding hydrogens is 421 g/mol. The first kappa shape index (κ1) is 21.9. The van der Waals surface area contributed by atoms with Crippen LogP contribution in [0.4, 0.5) is 13.2 Å². The number of H-pyrrole nitrogens is 1. The van der Waals surface area contributed by atoms with E-state index in [2.05, 4.69) is 15.5 Å². The molecule has 0 unspecified atom stereocenters. The van der Waals surface area contributed by atoms with Crippen LogP contribution in [0, 0.1) is 5.82 Å². The minimum Gasteiger partial charge on any atom is -0.348 e. The number of carbonyl (C=O) groups excluding carboxylic acids is 2. The molecule has 1 aliphatic heterocycles. The molecule has 1 aliphatic rings. The molecule has 0 spiro atoms. The molecule has 0 atom stereocenters. The lowest BCUT2D eigenvalue weighted by molar-refractivity contribution is -0.129. The van der Waals surface area contributed by atoms with E-state index in [0.717, 1.165) is 29.9 Å². The molecule has 1 aromatic heterocycles. The van der Waals surface area contributed by atoms with Crippen LogP contribution in [0.1, 0.15) is 59.2 Å². The van der Waals surface area contributed by atoms with Gasteiger partial charge >= 0.3 is 0 Å². The van der Waals surface area contributed by atoms with Gasteiger partial charge in [-0.05, 0) is 36.5 Å². The molecule has 6 nitrogen and oxygen atoms in total. The van der Waals surface area contributed by atoms with Crippen LogP contribution in [0.3, 0.4) is 0 Å². The SMILES string of the molecule is CC(=O)N1CCC(c2cc(C(=O)NCc3cccc(C(F)F)c3F)c3[nH]ncc3c2)CC1. The van der Waals surface area contributed by atoms with Crippen molar-refractivity contribution in [2.24, 2.45) is 0 Å². The van der Waals surface area contributed by atoms with Crippen molar-refractivity contribution in [1.29, 1.82) is 0 Å². The van der Waals surface area contributed by atoms with Crippen LogP contribution in [-0.4, -0.2) is 40.0 Å². The highest BCUT2D eigenvalue weighted by Gasteiger charge is 2.24. The van der Waals surface area contributed by atoms with E-state index in [0.29, 0.717) is 24.2 Å². The van der Waals surface area contributed by atoms with E-state index < -0.39 is 23.7 Å². The lowest BCUT2D eigenvalue weighted by atomic mass is 9.87. The topological polar surface area (TPSA) is 78.1 Å². The summed E-state index contributed by atoms with van der Waals surface area (Å²) in [7, 11) is 0. The number of hydrogen-bond donors (Lipinski definition) is 2. The molecule has 168 valence electrons. The van der Waals surface area contributed by atoms with Gasteiger partial charge in [0.2, 0.25) is 5.91 Å². The number of carbonyl (C=O) groups is 2. The predicted molar refractivity (Wildman–Crippen MR) is 113 cm³/mol. The molecule has 2 amide bonds. The zero-order valence-corrected chi connectivity index (χ0v) is 17.5. The maximum absolute atomic E-state index is 14.3. The second kappa shape index (κ2) is 9.02. The van der Waals surface area contributed by atoms with E-state index in [1.54, 1.807) is 19.2 Å². The Morgan fingerprint density at radius 1 is 1.25 bits per heavy atom. The third-order valence-electron chi connectivity index (χ3n) is 6.01. The fourth-order valence-electron chi connectivity index (χ4n) is 4.20. The number of alkyl halides is 2. The standard InChI is InChI=1S/C23H23F3N4O2/c1-13(31)30-7-5-14(6-8-30)16-9-17-12-28-29-21(17)19(10-16)23(32)27-11-15-3-2-4-18(20(15)24)22(25)26/h2-4,9-10,12,14,22H,5-8,11H2,1H3,(H,27,32)(H,28,29). The van der Waals surface area contributed by atoms with Crippen molar-refractivity contribution in [2.75, 3.05) is 13.1 Å². The molecule has 1 saturated heterocycles. The van der Waals surface area contributed by atoms with Gasteiger partial charge in [-0.3, -0.25) is 14.7 Å². The number of nitrogens with zero attached hydrogens (tertiary/aromatic N) is 2. The molecule has 0 radical (unpaired) electrons. The summed E-state index contributed by atoms with van der Waals surface area (Å²) in [5, 5.41) is 10.2. The Balaban J connectivity index is 1.55. The highest BCUT2D eigenvalue weighted by Crippen LogP contribution is 2.32. The lowest BCUT2D eigenvalue weighted by Gasteiger charge is -2.31. The average molecular weight is 444 g/mol. The third kappa shape index (κ3) is 4.32.